The van der Waals surface area contributed by atoms with Crippen molar-refractivity contribution in [3.63, 3.8) is 0 Å². The summed E-state index contributed by atoms with van der Waals surface area (Å²) in [4.78, 5) is 79.9. The van der Waals surface area contributed by atoms with E-state index in [9.17, 15) is 33.2 Å². The second kappa shape index (κ2) is 17.3. The van der Waals surface area contributed by atoms with Gasteiger partial charge < -0.3 is 30.9 Å². The van der Waals surface area contributed by atoms with Crippen molar-refractivity contribution in [2.75, 3.05) is 31.6 Å². The van der Waals surface area contributed by atoms with Gasteiger partial charge in [0.05, 0.1) is 17.6 Å². The smallest absolute Gasteiger partial charge is 0.313 e. The zero-order valence-corrected chi connectivity index (χ0v) is 27.4. The van der Waals surface area contributed by atoms with Crippen LogP contribution in [-0.4, -0.2) is 84.6 Å². The fourth-order valence-electron chi connectivity index (χ4n) is 6.67. The Kier molecular flexibility index (Phi) is 13.3. The lowest BCUT2D eigenvalue weighted by molar-refractivity contribution is -0.154. The van der Waals surface area contributed by atoms with E-state index < -0.39 is 59.9 Å². The summed E-state index contributed by atoms with van der Waals surface area (Å²) >= 11 is 0. The Labute approximate surface area is 275 Å². The molecule has 4 N–H and O–H groups in total. The standard InChI is InChI=1S/C34H48FN5O7/c1-21(2)18-28(39-33(45)32(44)37-26-11-7-6-10-25(26)35)31(43)38-27(19-23-12-15-36-30(23)42)29(41)20-47-34(46)22-13-16-40(17-14-22)24-8-4-3-5-9-24/h6-7,10-11,21-24,27-28H,3-5,8-9,12-20H2,1-2H3,(H,36,42)(H,37,44)(H,38,43)(H,39,45)/t23-,27-,28-/m0/s1. The molecule has 4 rings (SSSR count). The van der Waals surface area contributed by atoms with Gasteiger partial charge in [-0.1, -0.05) is 45.2 Å². The van der Waals surface area contributed by atoms with Gasteiger partial charge in [0.15, 0.2) is 12.4 Å². The summed E-state index contributed by atoms with van der Waals surface area (Å²) in [6.07, 6.45) is 8.06. The molecule has 0 unspecified atom stereocenters. The number of nitrogens with one attached hydrogen (secondary N) is 4. The SMILES string of the molecule is CC(C)C[C@H](NC(=O)C(=O)Nc1ccccc1F)C(=O)N[C@@H](C[C@@H]1CCNC1=O)C(=O)COC(=O)C1CCN(C2CCCCC2)CC1. The van der Waals surface area contributed by atoms with Crippen LogP contribution in [-0.2, 0) is 33.5 Å². The largest absolute Gasteiger partial charge is 0.457 e. The summed E-state index contributed by atoms with van der Waals surface area (Å²) in [6.45, 7) is 5.14. The number of carbonyl (C=O) groups excluding carboxylic acids is 6. The lowest BCUT2D eigenvalue weighted by Crippen LogP contribution is -2.54. The van der Waals surface area contributed by atoms with E-state index in [-0.39, 0.29) is 36.3 Å². The number of amides is 4. The minimum Gasteiger partial charge on any atom is -0.457 e. The van der Waals surface area contributed by atoms with E-state index in [0.717, 1.165) is 19.2 Å². The number of ketones is 1. The normalized spacial score (nSPS) is 20.6. The number of benzene rings is 1. The average molecular weight is 658 g/mol. The fourth-order valence-corrected chi connectivity index (χ4v) is 6.67. The second-order valence-corrected chi connectivity index (χ2v) is 13.3. The zero-order valence-electron chi connectivity index (χ0n) is 27.4. The number of esters is 1. The van der Waals surface area contributed by atoms with E-state index in [1.165, 1.54) is 50.3 Å². The molecule has 1 saturated carbocycles. The van der Waals surface area contributed by atoms with Gasteiger partial charge in [-0.15, -0.1) is 0 Å². The Morgan fingerprint density at radius 2 is 1.64 bits per heavy atom. The Balaban J connectivity index is 1.35. The van der Waals surface area contributed by atoms with Crippen molar-refractivity contribution < 1.29 is 37.9 Å². The Bertz CT molecular complexity index is 1290. The van der Waals surface area contributed by atoms with Crippen molar-refractivity contribution in [2.24, 2.45) is 17.8 Å². The van der Waals surface area contributed by atoms with Crippen molar-refractivity contribution >= 4 is 41.1 Å². The molecule has 0 spiro atoms. The molecule has 258 valence electrons. The fraction of sp³-hybridized carbons (Fsp3) is 0.647. The van der Waals surface area contributed by atoms with Gasteiger partial charge in [-0.25, -0.2) is 4.39 Å². The first kappa shape index (κ1) is 36.0. The predicted molar refractivity (Wildman–Crippen MR) is 171 cm³/mol. The molecule has 0 bridgehead atoms. The Morgan fingerprint density at radius 1 is 0.936 bits per heavy atom. The molecule has 2 saturated heterocycles. The van der Waals surface area contributed by atoms with Crippen molar-refractivity contribution in [3.05, 3.63) is 30.1 Å². The summed E-state index contributed by atoms with van der Waals surface area (Å²) < 4.78 is 19.4. The summed E-state index contributed by atoms with van der Waals surface area (Å²) in [6, 6.07) is 3.54. The van der Waals surface area contributed by atoms with E-state index in [4.69, 9.17) is 4.74 Å². The van der Waals surface area contributed by atoms with Crippen LogP contribution in [0.3, 0.4) is 0 Å². The lowest BCUT2D eigenvalue weighted by Gasteiger charge is -2.38. The van der Waals surface area contributed by atoms with Crippen LogP contribution in [0.1, 0.15) is 78.1 Å². The number of hydrogen-bond acceptors (Lipinski definition) is 8. The first-order valence-corrected chi connectivity index (χ1v) is 16.9. The Hall–Kier alpha value is -3.87. The van der Waals surface area contributed by atoms with Crippen molar-refractivity contribution in [2.45, 2.75) is 96.2 Å². The molecule has 4 amide bonds. The van der Waals surface area contributed by atoms with Crippen molar-refractivity contribution in [3.8, 4) is 0 Å². The lowest BCUT2D eigenvalue weighted by atomic mass is 9.90. The van der Waals surface area contributed by atoms with E-state index in [1.807, 2.05) is 13.8 Å². The zero-order chi connectivity index (χ0) is 33.9. The maximum absolute atomic E-state index is 14.0. The highest BCUT2D eigenvalue weighted by Gasteiger charge is 2.35. The minimum atomic E-state index is -1.21. The van der Waals surface area contributed by atoms with Gasteiger partial charge in [0, 0.05) is 18.5 Å². The number of rotatable bonds is 13. The van der Waals surface area contributed by atoms with Crippen molar-refractivity contribution in [1.82, 2.24) is 20.9 Å². The third kappa shape index (κ3) is 10.6. The molecule has 0 aromatic heterocycles. The van der Waals surface area contributed by atoms with Crippen LogP contribution in [0.25, 0.3) is 0 Å². The topological polar surface area (TPSA) is 163 Å². The predicted octanol–water partition coefficient (Wildman–Crippen LogP) is 2.46. The van der Waals surface area contributed by atoms with Crippen LogP contribution in [0.2, 0.25) is 0 Å². The summed E-state index contributed by atoms with van der Waals surface area (Å²) in [5.74, 6) is -5.98. The molecule has 0 radical (unpaired) electrons. The average Bonchev–Trinajstić information content (AvgIpc) is 3.47. The number of carbonyl (C=O) groups is 6. The van der Waals surface area contributed by atoms with Crippen LogP contribution < -0.4 is 21.3 Å². The molecule has 47 heavy (non-hydrogen) atoms. The van der Waals surface area contributed by atoms with Gasteiger partial charge in [0.1, 0.15) is 11.9 Å². The quantitative estimate of drug-likeness (QED) is 0.186. The number of likely N-dealkylation sites (tertiary alicyclic amines) is 1. The van der Waals surface area contributed by atoms with Gasteiger partial charge in [-0.2, -0.15) is 0 Å². The van der Waals surface area contributed by atoms with Crippen LogP contribution >= 0.6 is 0 Å². The highest BCUT2D eigenvalue weighted by atomic mass is 19.1. The van der Waals surface area contributed by atoms with E-state index in [1.54, 1.807) is 0 Å². The van der Waals surface area contributed by atoms with Gasteiger partial charge in [-0.3, -0.25) is 28.8 Å². The van der Waals surface area contributed by atoms with Crippen LogP contribution in [0.5, 0.6) is 0 Å². The molecule has 1 aromatic rings. The molecule has 1 aromatic carbocycles. The molecule has 13 heteroatoms. The van der Waals surface area contributed by atoms with Crippen molar-refractivity contribution in [1.29, 1.82) is 0 Å². The molecular formula is C34H48FN5O7. The molecule has 1 aliphatic carbocycles. The Morgan fingerprint density at radius 3 is 2.28 bits per heavy atom. The van der Waals surface area contributed by atoms with Gasteiger partial charge in [-0.05, 0) is 76.1 Å². The third-order valence-electron chi connectivity index (χ3n) is 9.36. The second-order valence-electron chi connectivity index (χ2n) is 13.3. The van der Waals surface area contributed by atoms with Crippen LogP contribution in [0.4, 0.5) is 10.1 Å². The molecule has 3 aliphatic rings. The number of anilines is 1. The summed E-state index contributed by atoms with van der Waals surface area (Å²) in [5.41, 5.74) is -0.192. The number of hydrogen-bond donors (Lipinski definition) is 4. The highest BCUT2D eigenvalue weighted by Crippen LogP contribution is 2.27. The van der Waals surface area contributed by atoms with Gasteiger partial charge in [0.2, 0.25) is 11.8 Å². The molecule has 2 aliphatic heterocycles. The van der Waals surface area contributed by atoms with Crippen LogP contribution in [0, 0.1) is 23.6 Å². The first-order valence-electron chi connectivity index (χ1n) is 16.9. The maximum atomic E-state index is 14.0. The summed E-state index contributed by atoms with van der Waals surface area (Å²) in [5, 5.41) is 9.94. The number of piperidine rings is 1. The molecule has 3 fully saturated rings. The van der Waals surface area contributed by atoms with Crippen LogP contribution in [0.15, 0.2) is 24.3 Å². The van der Waals surface area contributed by atoms with Gasteiger partial charge >= 0.3 is 17.8 Å². The monoisotopic (exact) mass is 657 g/mol. The number of halogens is 1. The number of Topliss-reactive ketones (excluding diaryl/α,β-unsaturated/α-hetero) is 1. The van der Waals surface area contributed by atoms with E-state index >= 15 is 0 Å². The number of para-hydroxylation sites is 1. The third-order valence-corrected chi connectivity index (χ3v) is 9.36. The molecule has 3 atom stereocenters. The minimum absolute atomic E-state index is 0.0101. The first-order chi connectivity index (χ1) is 22.5. The number of ether oxygens (including phenoxy) is 1. The van der Waals surface area contributed by atoms with E-state index in [2.05, 4.69) is 26.2 Å². The maximum Gasteiger partial charge on any atom is 0.313 e. The number of nitrogens with zero attached hydrogens (tertiary/aromatic N) is 1. The van der Waals surface area contributed by atoms with E-state index in [0.29, 0.717) is 31.8 Å². The highest BCUT2D eigenvalue weighted by molar-refractivity contribution is 6.40. The summed E-state index contributed by atoms with van der Waals surface area (Å²) in [7, 11) is 0. The van der Waals surface area contributed by atoms with Gasteiger partial charge in [0.25, 0.3) is 0 Å². The molecule has 2 heterocycles. The molecular weight excluding hydrogens is 609 g/mol. The molecule has 12 nitrogen and oxygen atoms in total.